The van der Waals surface area contributed by atoms with Crippen molar-refractivity contribution in [2.24, 2.45) is 5.41 Å². The Kier molecular flexibility index (Phi) is 9.44. The van der Waals surface area contributed by atoms with Crippen LogP contribution in [0.5, 0.6) is 5.75 Å². The molecule has 1 aliphatic rings. The number of hydrogen-bond donors (Lipinski definition) is 4. The number of aliphatic hydroxyl groups is 1. The Hall–Kier alpha value is -3.48. The Morgan fingerprint density at radius 1 is 1.18 bits per heavy atom. The number of hydrogen-bond acceptors (Lipinski definition) is 7. The van der Waals surface area contributed by atoms with Gasteiger partial charge in [-0.1, -0.05) is 0 Å². The zero-order chi connectivity index (χ0) is 28.9. The van der Waals surface area contributed by atoms with Crippen molar-refractivity contribution >= 4 is 22.5 Å². The molecule has 3 aromatic rings. The molecule has 0 bridgehead atoms. The number of anilines is 1. The van der Waals surface area contributed by atoms with Crippen molar-refractivity contribution in [2.75, 3.05) is 38.6 Å². The van der Waals surface area contributed by atoms with E-state index in [2.05, 4.69) is 10.3 Å². The van der Waals surface area contributed by atoms with E-state index in [1.807, 2.05) is 4.90 Å². The van der Waals surface area contributed by atoms with Crippen LogP contribution in [0.15, 0.2) is 36.5 Å². The average molecular weight is 565 g/mol. The molecule has 1 aliphatic heterocycles. The Morgan fingerprint density at radius 3 is 2.50 bits per heavy atom. The summed E-state index contributed by atoms with van der Waals surface area (Å²) in [6, 6.07) is 6.90. The number of nitrogens with one attached hydrogen (secondary N) is 2. The minimum atomic E-state index is -1.53. The number of halogens is 4. The van der Waals surface area contributed by atoms with E-state index in [0.29, 0.717) is 61.2 Å². The molecule has 0 spiro atoms. The van der Waals surface area contributed by atoms with Crippen LogP contribution in [0.4, 0.5) is 23.2 Å². The van der Waals surface area contributed by atoms with Crippen LogP contribution in [0.3, 0.4) is 0 Å². The van der Waals surface area contributed by atoms with Crippen LogP contribution in [0.2, 0.25) is 0 Å². The highest BCUT2D eigenvalue weighted by atomic mass is 19.2. The number of methoxy groups -OCH3 is 1. The predicted octanol–water partition coefficient (Wildman–Crippen LogP) is 4.64. The monoisotopic (exact) mass is 564 g/mol. The summed E-state index contributed by atoms with van der Waals surface area (Å²) in [6.07, 6.45) is 1.44. The molecular formula is C28H32F4N4O4. The first kappa shape index (κ1) is 29.5. The fraction of sp³-hybridized carbons (Fsp3) is 0.429. The van der Waals surface area contributed by atoms with Crippen molar-refractivity contribution in [2.45, 2.75) is 38.5 Å². The number of benzene rings is 2. The molecule has 1 amide bonds. The minimum Gasteiger partial charge on any atom is -0.497 e. The van der Waals surface area contributed by atoms with Crippen molar-refractivity contribution in [3.8, 4) is 5.75 Å². The fourth-order valence-electron chi connectivity index (χ4n) is 5.35. The lowest BCUT2D eigenvalue weighted by Crippen LogP contribution is -2.49. The first-order valence-electron chi connectivity index (χ1n) is 13.0. The maximum atomic E-state index is 13.9. The summed E-state index contributed by atoms with van der Waals surface area (Å²) in [5.41, 5.74) is 2.13. The molecule has 0 saturated carbocycles. The molecule has 40 heavy (non-hydrogen) atoms. The number of nitrogens with zero attached hydrogens (tertiary/aromatic N) is 2. The molecule has 8 nitrogen and oxygen atoms in total. The van der Waals surface area contributed by atoms with E-state index in [1.54, 1.807) is 23.7 Å². The standard InChI is InChI=1S/C28H32F4N4O4/c1-40-19-2-3-23-20(14-19)25(17(15-29)16-34-23)24(37)4-5-28(27(38)35-39)6-9-36(10-7-28)11-8-33-18-12-21(30)26(32)22(31)13-18/h2-3,12-14,16,24,33,37,39H,4-11,15H2,1H3,(H,35,38)/t24-/m1/s1. The zero-order valence-corrected chi connectivity index (χ0v) is 22.0. The van der Waals surface area contributed by atoms with Gasteiger partial charge in [0.15, 0.2) is 17.5 Å². The quantitative estimate of drug-likeness (QED) is 0.116. The summed E-state index contributed by atoms with van der Waals surface area (Å²) in [6.45, 7) is 0.970. The number of carbonyl (C=O) groups excluding carboxylic acids is 1. The molecule has 0 unspecified atom stereocenters. The molecule has 2 aromatic carbocycles. The van der Waals surface area contributed by atoms with Gasteiger partial charge in [-0.15, -0.1) is 0 Å². The smallest absolute Gasteiger partial charge is 0.249 e. The highest BCUT2D eigenvalue weighted by Gasteiger charge is 2.41. The van der Waals surface area contributed by atoms with Crippen molar-refractivity contribution < 1.29 is 37.4 Å². The van der Waals surface area contributed by atoms with Crippen molar-refractivity contribution in [1.29, 1.82) is 0 Å². The van der Waals surface area contributed by atoms with E-state index >= 15 is 0 Å². The normalized spacial score (nSPS) is 16.1. The first-order chi connectivity index (χ1) is 19.2. The van der Waals surface area contributed by atoms with Gasteiger partial charge < -0.3 is 20.1 Å². The third-order valence-corrected chi connectivity index (χ3v) is 7.71. The maximum Gasteiger partial charge on any atom is 0.249 e. The van der Waals surface area contributed by atoms with Crippen LogP contribution in [-0.4, -0.2) is 59.4 Å². The van der Waals surface area contributed by atoms with Gasteiger partial charge in [-0.05, 0) is 62.5 Å². The lowest BCUT2D eigenvalue weighted by molar-refractivity contribution is -0.143. The van der Waals surface area contributed by atoms with Gasteiger partial charge in [0.05, 0.1) is 24.1 Å². The number of alkyl halides is 1. The third-order valence-electron chi connectivity index (χ3n) is 7.71. The number of aliphatic hydroxyl groups excluding tert-OH is 1. The molecule has 4 rings (SSSR count). The molecule has 12 heteroatoms. The number of hydroxylamine groups is 1. The fourth-order valence-corrected chi connectivity index (χ4v) is 5.35. The minimum absolute atomic E-state index is 0.116. The van der Waals surface area contributed by atoms with Crippen molar-refractivity contribution in [3.63, 3.8) is 0 Å². The van der Waals surface area contributed by atoms with Crippen molar-refractivity contribution in [1.82, 2.24) is 15.4 Å². The summed E-state index contributed by atoms with van der Waals surface area (Å²) >= 11 is 0. The Morgan fingerprint density at radius 2 is 1.88 bits per heavy atom. The molecule has 0 radical (unpaired) electrons. The number of likely N-dealkylation sites (tertiary alicyclic amines) is 1. The first-order valence-corrected chi connectivity index (χ1v) is 13.0. The number of piperidine rings is 1. The van der Waals surface area contributed by atoms with Gasteiger partial charge in [0, 0.05) is 48.1 Å². The number of ether oxygens (including phenoxy) is 1. The topological polar surface area (TPSA) is 107 Å². The molecular weight excluding hydrogens is 532 g/mol. The average Bonchev–Trinajstić information content (AvgIpc) is 2.97. The van der Waals surface area contributed by atoms with E-state index in [9.17, 15) is 32.7 Å². The summed E-state index contributed by atoms with van der Waals surface area (Å²) in [5.74, 6) is -4.10. The molecule has 0 aliphatic carbocycles. The van der Waals surface area contributed by atoms with Crippen LogP contribution in [0.1, 0.15) is 42.9 Å². The summed E-state index contributed by atoms with van der Waals surface area (Å²) in [4.78, 5) is 19.1. The molecule has 2 heterocycles. The summed E-state index contributed by atoms with van der Waals surface area (Å²) in [7, 11) is 1.51. The zero-order valence-electron chi connectivity index (χ0n) is 22.0. The molecule has 1 fully saturated rings. The lowest BCUT2D eigenvalue weighted by atomic mass is 9.73. The van der Waals surface area contributed by atoms with Gasteiger partial charge in [0.1, 0.15) is 12.4 Å². The van der Waals surface area contributed by atoms with Crippen LogP contribution >= 0.6 is 0 Å². The van der Waals surface area contributed by atoms with E-state index in [1.165, 1.54) is 13.3 Å². The Labute approximate surface area is 228 Å². The van der Waals surface area contributed by atoms with Crippen LogP contribution in [0.25, 0.3) is 10.9 Å². The highest BCUT2D eigenvalue weighted by Crippen LogP contribution is 2.40. The molecule has 216 valence electrons. The number of aromatic nitrogens is 1. The molecule has 1 aromatic heterocycles. The van der Waals surface area contributed by atoms with Gasteiger partial charge in [0.25, 0.3) is 0 Å². The number of pyridine rings is 1. The Balaban J connectivity index is 1.41. The van der Waals surface area contributed by atoms with Crippen LogP contribution < -0.4 is 15.5 Å². The van der Waals surface area contributed by atoms with E-state index < -0.39 is 41.6 Å². The van der Waals surface area contributed by atoms with Gasteiger partial charge in [-0.2, -0.15) is 0 Å². The molecule has 1 saturated heterocycles. The van der Waals surface area contributed by atoms with Gasteiger partial charge in [-0.3, -0.25) is 15.0 Å². The second-order valence-corrected chi connectivity index (χ2v) is 10.0. The second-order valence-electron chi connectivity index (χ2n) is 10.0. The molecule has 4 N–H and O–H groups in total. The third kappa shape index (κ3) is 6.29. The number of fused-ring (bicyclic) bond motifs is 1. The lowest BCUT2D eigenvalue weighted by Gasteiger charge is -2.40. The number of carbonyl (C=O) groups is 1. The van der Waals surface area contributed by atoms with Gasteiger partial charge >= 0.3 is 0 Å². The van der Waals surface area contributed by atoms with Gasteiger partial charge in [0.2, 0.25) is 5.91 Å². The van der Waals surface area contributed by atoms with Crippen LogP contribution in [0, 0.1) is 22.9 Å². The largest absolute Gasteiger partial charge is 0.497 e. The van der Waals surface area contributed by atoms with Crippen LogP contribution in [-0.2, 0) is 11.5 Å². The highest BCUT2D eigenvalue weighted by molar-refractivity contribution is 5.85. The number of rotatable bonds is 11. The van der Waals surface area contributed by atoms with E-state index in [4.69, 9.17) is 4.74 Å². The number of amides is 1. The SMILES string of the molecule is COc1ccc2ncc(CF)c([C@H](O)CCC3(C(=O)NO)CCN(CCNc4cc(F)c(F)c(F)c4)CC3)c2c1. The predicted molar refractivity (Wildman–Crippen MR) is 140 cm³/mol. The second kappa shape index (κ2) is 12.8. The Bertz CT molecular complexity index is 1320. The van der Waals surface area contributed by atoms with E-state index in [0.717, 1.165) is 12.1 Å². The summed E-state index contributed by atoms with van der Waals surface area (Å²) in [5, 5.41) is 24.1. The van der Waals surface area contributed by atoms with Crippen molar-refractivity contribution in [3.05, 3.63) is 65.1 Å². The summed E-state index contributed by atoms with van der Waals surface area (Å²) < 4.78 is 59.2. The maximum absolute atomic E-state index is 13.9. The molecule has 1 atom stereocenters. The van der Waals surface area contributed by atoms with E-state index in [-0.39, 0.29) is 24.1 Å². The van der Waals surface area contributed by atoms with Gasteiger partial charge in [-0.25, -0.2) is 23.0 Å².